The molecular weight excluding hydrogens is 264 g/mol. The number of nitrogens with one attached hydrogen (secondary N) is 1. The highest BCUT2D eigenvalue weighted by atomic mass is 32.2. The fourth-order valence-corrected chi connectivity index (χ4v) is 4.78. The molecule has 0 aromatic heterocycles. The average molecular weight is 290 g/mol. The van der Waals surface area contributed by atoms with Crippen LogP contribution in [-0.2, 0) is 0 Å². The van der Waals surface area contributed by atoms with E-state index in [1.807, 2.05) is 0 Å². The van der Waals surface area contributed by atoms with Crippen LogP contribution in [-0.4, -0.2) is 42.1 Å². The Morgan fingerprint density at radius 1 is 1.15 bits per heavy atom. The SMILES string of the molecule is CSC1CCCC1N1CCCNC(c2ccccc2)C1. The lowest BCUT2D eigenvalue weighted by Gasteiger charge is -2.33. The molecule has 3 atom stereocenters. The van der Waals surface area contributed by atoms with E-state index in [-0.39, 0.29) is 0 Å². The van der Waals surface area contributed by atoms with Crippen LogP contribution < -0.4 is 5.32 Å². The summed E-state index contributed by atoms with van der Waals surface area (Å²) in [4.78, 5) is 2.77. The highest BCUT2D eigenvalue weighted by molar-refractivity contribution is 7.99. The number of nitrogens with zero attached hydrogens (tertiary/aromatic N) is 1. The summed E-state index contributed by atoms with van der Waals surface area (Å²) in [5, 5.41) is 4.59. The lowest BCUT2D eigenvalue weighted by atomic mass is 10.1. The second kappa shape index (κ2) is 6.97. The van der Waals surface area contributed by atoms with Gasteiger partial charge in [-0.25, -0.2) is 0 Å². The van der Waals surface area contributed by atoms with Crippen molar-refractivity contribution in [1.82, 2.24) is 10.2 Å². The molecule has 3 rings (SSSR count). The lowest BCUT2D eigenvalue weighted by Crippen LogP contribution is -2.42. The number of rotatable bonds is 3. The maximum atomic E-state index is 3.74. The first-order chi connectivity index (χ1) is 9.88. The Bertz CT molecular complexity index is 409. The van der Waals surface area contributed by atoms with Crippen molar-refractivity contribution in [2.45, 2.75) is 43.0 Å². The Hall–Kier alpha value is -0.510. The number of hydrogen-bond donors (Lipinski definition) is 1. The maximum Gasteiger partial charge on any atom is 0.0449 e. The van der Waals surface area contributed by atoms with Crippen LogP contribution >= 0.6 is 11.8 Å². The topological polar surface area (TPSA) is 15.3 Å². The largest absolute Gasteiger partial charge is 0.309 e. The fraction of sp³-hybridized carbons (Fsp3) is 0.647. The van der Waals surface area contributed by atoms with E-state index >= 15 is 0 Å². The average Bonchev–Trinajstić information content (AvgIpc) is 2.85. The van der Waals surface area contributed by atoms with Gasteiger partial charge in [0.25, 0.3) is 0 Å². The molecule has 2 fully saturated rings. The maximum absolute atomic E-state index is 3.74. The van der Waals surface area contributed by atoms with E-state index < -0.39 is 0 Å². The summed E-state index contributed by atoms with van der Waals surface area (Å²) in [6, 6.07) is 12.3. The van der Waals surface area contributed by atoms with Gasteiger partial charge in [-0.05, 0) is 44.2 Å². The number of thioether (sulfide) groups is 1. The van der Waals surface area contributed by atoms with E-state index in [1.165, 1.54) is 44.3 Å². The van der Waals surface area contributed by atoms with Gasteiger partial charge < -0.3 is 5.32 Å². The molecule has 1 aliphatic heterocycles. The second-order valence-electron chi connectivity index (χ2n) is 6.04. The predicted octanol–water partition coefficient (Wildman–Crippen LogP) is 3.31. The van der Waals surface area contributed by atoms with Crippen LogP contribution in [0.3, 0.4) is 0 Å². The number of benzene rings is 1. The first-order valence-electron chi connectivity index (χ1n) is 7.93. The van der Waals surface area contributed by atoms with Crippen molar-refractivity contribution in [3.63, 3.8) is 0 Å². The molecule has 2 aliphatic rings. The van der Waals surface area contributed by atoms with E-state index in [2.05, 4.69) is 58.6 Å². The summed E-state index contributed by atoms with van der Waals surface area (Å²) < 4.78 is 0. The molecule has 1 saturated carbocycles. The molecule has 0 radical (unpaired) electrons. The predicted molar refractivity (Wildman–Crippen MR) is 88.3 cm³/mol. The van der Waals surface area contributed by atoms with E-state index in [4.69, 9.17) is 0 Å². The van der Waals surface area contributed by atoms with Crippen LogP contribution in [0.25, 0.3) is 0 Å². The van der Waals surface area contributed by atoms with Gasteiger partial charge in [0.1, 0.15) is 0 Å². The first kappa shape index (κ1) is 14.4. The molecule has 1 saturated heterocycles. The zero-order valence-electron chi connectivity index (χ0n) is 12.4. The molecule has 110 valence electrons. The third-order valence-electron chi connectivity index (χ3n) is 4.82. The van der Waals surface area contributed by atoms with E-state index in [0.717, 1.165) is 17.8 Å². The lowest BCUT2D eigenvalue weighted by molar-refractivity contribution is 0.199. The quantitative estimate of drug-likeness (QED) is 0.919. The molecule has 3 unspecified atom stereocenters. The van der Waals surface area contributed by atoms with Gasteiger partial charge in [-0.15, -0.1) is 0 Å². The Kier molecular flexibility index (Phi) is 5.03. The third kappa shape index (κ3) is 3.21. The minimum absolute atomic E-state index is 0.502. The fourth-order valence-electron chi connectivity index (χ4n) is 3.76. The van der Waals surface area contributed by atoms with Crippen molar-refractivity contribution < 1.29 is 0 Å². The summed E-state index contributed by atoms with van der Waals surface area (Å²) in [6.07, 6.45) is 7.78. The van der Waals surface area contributed by atoms with Crippen LogP contribution in [0.4, 0.5) is 0 Å². The van der Waals surface area contributed by atoms with Gasteiger partial charge in [-0.1, -0.05) is 36.8 Å². The van der Waals surface area contributed by atoms with Crippen molar-refractivity contribution in [2.75, 3.05) is 25.9 Å². The summed E-state index contributed by atoms with van der Waals surface area (Å²) in [7, 11) is 0. The van der Waals surface area contributed by atoms with Crippen LogP contribution in [0.5, 0.6) is 0 Å². The normalized spacial score (nSPS) is 32.1. The molecule has 1 heterocycles. The third-order valence-corrected chi connectivity index (χ3v) is 5.98. The Morgan fingerprint density at radius 3 is 2.80 bits per heavy atom. The molecule has 1 aromatic rings. The van der Waals surface area contributed by atoms with Crippen molar-refractivity contribution in [3.8, 4) is 0 Å². The van der Waals surface area contributed by atoms with Crippen molar-refractivity contribution in [2.24, 2.45) is 0 Å². The van der Waals surface area contributed by atoms with Gasteiger partial charge in [0.15, 0.2) is 0 Å². The van der Waals surface area contributed by atoms with Crippen molar-refractivity contribution >= 4 is 11.8 Å². The van der Waals surface area contributed by atoms with Crippen LogP contribution in [0.1, 0.15) is 37.3 Å². The van der Waals surface area contributed by atoms with E-state index in [0.29, 0.717) is 6.04 Å². The van der Waals surface area contributed by atoms with Gasteiger partial charge >= 0.3 is 0 Å². The molecule has 0 bridgehead atoms. The Labute approximate surface area is 127 Å². The van der Waals surface area contributed by atoms with Crippen molar-refractivity contribution in [1.29, 1.82) is 0 Å². The minimum atomic E-state index is 0.502. The van der Waals surface area contributed by atoms with Crippen LogP contribution in [0.2, 0.25) is 0 Å². The van der Waals surface area contributed by atoms with E-state index in [1.54, 1.807) is 0 Å². The second-order valence-corrected chi connectivity index (χ2v) is 7.12. The molecule has 20 heavy (non-hydrogen) atoms. The molecule has 1 N–H and O–H groups in total. The molecule has 0 amide bonds. The zero-order chi connectivity index (χ0) is 13.8. The summed E-state index contributed by atoms with van der Waals surface area (Å²) in [5.74, 6) is 0. The van der Waals surface area contributed by atoms with Gasteiger partial charge in [-0.3, -0.25) is 4.90 Å². The van der Waals surface area contributed by atoms with Gasteiger partial charge in [0.2, 0.25) is 0 Å². The van der Waals surface area contributed by atoms with Gasteiger partial charge in [0, 0.05) is 23.9 Å². The van der Waals surface area contributed by atoms with Crippen LogP contribution in [0, 0.1) is 0 Å². The molecular formula is C17H26N2S. The minimum Gasteiger partial charge on any atom is -0.309 e. The summed E-state index contributed by atoms with van der Waals surface area (Å²) in [5.41, 5.74) is 1.44. The van der Waals surface area contributed by atoms with Crippen molar-refractivity contribution in [3.05, 3.63) is 35.9 Å². The van der Waals surface area contributed by atoms with E-state index in [9.17, 15) is 0 Å². The Morgan fingerprint density at radius 2 is 2.00 bits per heavy atom. The molecule has 2 nitrogen and oxygen atoms in total. The highest BCUT2D eigenvalue weighted by Gasteiger charge is 2.33. The molecule has 3 heteroatoms. The van der Waals surface area contributed by atoms with Gasteiger partial charge in [0.05, 0.1) is 0 Å². The summed E-state index contributed by atoms with van der Waals surface area (Å²) in [6.45, 7) is 3.58. The molecule has 0 spiro atoms. The van der Waals surface area contributed by atoms with Gasteiger partial charge in [-0.2, -0.15) is 11.8 Å². The van der Waals surface area contributed by atoms with Crippen LogP contribution in [0.15, 0.2) is 30.3 Å². The summed E-state index contributed by atoms with van der Waals surface area (Å²) >= 11 is 2.08. The smallest absolute Gasteiger partial charge is 0.0449 e. The molecule has 1 aromatic carbocycles. The monoisotopic (exact) mass is 290 g/mol. The molecule has 1 aliphatic carbocycles. The Balaban J connectivity index is 1.72. The first-order valence-corrected chi connectivity index (χ1v) is 9.22. The highest BCUT2D eigenvalue weighted by Crippen LogP contribution is 2.33. The number of hydrogen-bond acceptors (Lipinski definition) is 3. The standard InChI is InChI=1S/C17H26N2S/c1-20-17-10-5-9-16(17)19-12-6-11-18-15(13-19)14-7-3-2-4-8-14/h2-4,7-8,15-18H,5-6,9-13H2,1H3. The zero-order valence-corrected chi connectivity index (χ0v) is 13.2.